The lowest BCUT2D eigenvalue weighted by molar-refractivity contribution is -0.122. The molecule has 164 valence electrons. The van der Waals surface area contributed by atoms with Crippen LogP contribution < -0.4 is 10.9 Å². The summed E-state index contributed by atoms with van der Waals surface area (Å²) in [6.07, 6.45) is 2.02. The highest BCUT2D eigenvalue weighted by atomic mass is 35.5. The van der Waals surface area contributed by atoms with Crippen molar-refractivity contribution in [2.45, 2.75) is 31.8 Å². The largest absolute Gasteiger partial charge is 0.350 e. The van der Waals surface area contributed by atoms with E-state index in [4.69, 9.17) is 11.6 Å². The van der Waals surface area contributed by atoms with Gasteiger partial charge in [-0.15, -0.1) is 11.8 Å². The Morgan fingerprint density at radius 3 is 2.41 bits per heavy atom. The van der Waals surface area contributed by atoms with E-state index in [2.05, 4.69) is 15.5 Å². The monoisotopic (exact) mass is 467 g/mol. The predicted molar refractivity (Wildman–Crippen MR) is 128 cm³/mol. The van der Waals surface area contributed by atoms with E-state index in [1.165, 1.54) is 4.68 Å². The summed E-state index contributed by atoms with van der Waals surface area (Å²) in [5.41, 5.74) is 3.22. The lowest BCUT2D eigenvalue weighted by atomic mass is 10.2. The molecule has 4 rings (SSSR count). The van der Waals surface area contributed by atoms with E-state index in [0.717, 1.165) is 16.1 Å². The molecule has 0 fully saturated rings. The van der Waals surface area contributed by atoms with Crippen molar-refractivity contribution in [3.8, 4) is 5.69 Å². The van der Waals surface area contributed by atoms with Crippen LogP contribution >= 0.6 is 23.4 Å². The molecule has 0 atom stereocenters. The number of benzene rings is 2. The van der Waals surface area contributed by atoms with Crippen LogP contribution in [0.3, 0.4) is 0 Å². The minimum atomic E-state index is -0.345. The second-order valence-electron chi connectivity index (χ2n) is 7.37. The number of thioether (sulfide) groups is 1. The number of halogens is 1. The highest BCUT2D eigenvalue weighted by molar-refractivity contribution is 7.98. The molecule has 4 aromatic rings. The minimum Gasteiger partial charge on any atom is -0.350 e. The fourth-order valence-corrected chi connectivity index (χ4v) is 4.03. The topological polar surface area (TPSA) is 81.8 Å². The van der Waals surface area contributed by atoms with Crippen LogP contribution in [0.4, 0.5) is 0 Å². The second-order valence-corrected chi connectivity index (χ2v) is 8.69. The van der Waals surface area contributed by atoms with Gasteiger partial charge in [0.2, 0.25) is 5.91 Å². The summed E-state index contributed by atoms with van der Waals surface area (Å²) in [6, 6.07) is 15.2. The van der Waals surface area contributed by atoms with Gasteiger partial charge in [-0.25, -0.2) is 9.36 Å². The second kappa shape index (κ2) is 9.18. The molecule has 0 radical (unpaired) electrons. The Kier molecular flexibility index (Phi) is 6.34. The summed E-state index contributed by atoms with van der Waals surface area (Å²) in [4.78, 5) is 26.8. The molecule has 0 aliphatic carbocycles. The van der Waals surface area contributed by atoms with Crippen LogP contribution in [-0.4, -0.2) is 31.7 Å². The number of aryl methyl sites for hydroxylation is 2. The van der Waals surface area contributed by atoms with Crippen LogP contribution in [0.2, 0.25) is 5.02 Å². The van der Waals surface area contributed by atoms with E-state index < -0.39 is 0 Å². The molecule has 0 unspecified atom stereocenters. The zero-order chi connectivity index (χ0) is 22.8. The number of carbonyl (C=O) groups is 1. The van der Waals surface area contributed by atoms with Crippen LogP contribution in [0, 0.1) is 13.8 Å². The molecule has 0 saturated carbocycles. The third-order valence-electron chi connectivity index (χ3n) is 5.19. The molecule has 0 bridgehead atoms. The van der Waals surface area contributed by atoms with Crippen LogP contribution in [0.1, 0.15) is 17.0 Å². The molecule has 1 amide bonds. The molecule has 0 saturated heterocycles. The van der Waals surface area contributed by atoms with Crippen molar-refractivity contribution in [2.24, 2.45) is 0 Å². The van der Waals surface area contributed by atoms with Crippen molar-refractivity contribution >= 4 is 40.2 Å². The molecule has 9 heteroatoms. The quantitative estimate of drug-likeness (QED) is 0.435. The van der Waals surface area contributed by atoms with Gasteiger partial charge < -0.3 is 5.32 Å². The van der Waals surface area contributed by atoms with Crippen molar-refractivity contribution < 1.29 is 4.79 Å². The highest BCUT2D eigenvalue weighted by Crippen LogP contribution is 2.21. The summed E-state index contributed by atoms with van der Waals surface area (Å²) in [5, 5.41) is 12.8. The molecule has 0 aliphatic heterocycles. The van der Waals surface area contributed by atoms with Gasteiger partial charge in [0.15, 0.2) is 0 Å². The fourth-order valence-electron chi connectivity index (χ4n) is 3.49. The number of amides is 1. The van der Waals surface area contributed by atoms with Crippen molar-refractivity contribution in [3.63, 3.8) is 0 Å². The van der Waals surface area contributed by atoms with Gasteiger partial charge in [-0.05, 0) is 62.1 Å². The maximum Gasteiger partial charge on any atom is 0.278 e. The minimum absolute atomic E-state index is 0.163. The van der Waals surface area contributed by atoms with Crippen LogP contribution in [0.15, 0.2) is 58.2 Å². The van der Waals surface area contributed by atoms with E-state index in [1.54, 1.807) is 35.5 Å². The van der Waals surface area contributed by atoms with E-state index in [-0.39, 0.29) is 18.0 Å². The van der Waals surface area contributed by atoms with Crippen molar-refractivity contribution in [1.82, 2.24) is 24.9 Å². The average Bonchev–Trinajstić information content (AvgIpc) is 3.14. The Hall–Kier alpha value is -3.10. The van der Waals surface area contributed by atoms with Crippen molar-refractivity contribution in [3.05, 3.63) is 80.9 Å². The summed E-state index contributed by atoms with van der Waals surface area (Å²) in [6.45, 7) is 3.83. The number of nitrogens with one attached hydrogen (secondary N) is 1. The number of hydrogen-bond donors (Lipinski definition) is 1. The zero-order valence-corrected chi connectivity index (χ0v) is 19.5. The number of hydrogen-bond acceptors (Lipinski definition) is 5. The van der Waals surface area contributed by atoms with Crippen LogP contribution in [-0.2, 0) is 17.9 Å². The van der Waals surface area contributed by atoms with E-state index in [1.807, 2.05) is 49.6 Å². The highest BCUT2D eigenvalue weighted by Gasteiger charge is 2.18. The van der Waals surface area contributed by atoms with Gasteiger partial charge in [-0.2, -0.15) is 10.2 Å². The third-order valence-corrected chi connectivity index (χ3v) is 6.19. The first-order chi connectivity index (χ1) is 15.4. The third kappa shape index (κ3) is 4.42. The van der Waals surface area contributed by atoms with E-state index in [0.29, 0.717) is 33.9 Å². The van der Waals surface area contributed by atoms with Crippen molar-refractivity contribution in [2.75, 3.05) is 6.26 Å². The summed E-state index contributed by atoms with van der Waals surface area (Å²) in [7, 11) is 0. The fraction of sp³-hybridized carbons (Fsp3) is 0.217. The SMILES string of the molecule is CSc1ccc(CNC(=O)Cn2nc(C)c3nn(-c4ccc(Cl)cc4)c(C)c3c2=O)cc1. The maximum absolute atomic E-state index is 13.1. The van der Waals surface area contributed by atoms with Gasteiger partial charge in [0, 0.05) is 16.5 Å². The molecule has 32 heavy (non-hydrogen) atoms. The number of carbonyl (C=O) groups excluding carboxylic acids is 1. The van der Waals surface area contributed by atoms with Gasteiger partial charge in [0.25, 0.3) is 5.56 Å². The Morgan fingerprint density at radius 1 is 1.06 bits per heavy atom. The van der Waals surface area contributed by atoms with E-state index in [9.17, 15) is 9.59 Å². The molecule has 2 aromatic carbocycles. The average molecular weight is 468 g/mol. The molecule has 2 aromatic heterocycles. The molecule has 1 N–H and O–H groups in total. The molecule has 2 heterocycles. The van der Waals surface area contributed by atoms with Gasteiger partial charge >= 0.3 is 0 Å². The summed E-state index contributed by atoms with van der Waals surface area (Å²) < 4.78 is 2.89. The molecule has 0 aliphatic rings. The number of rotatable bonds is 6. The van der Waals surface area contributed by atoms with Crippen LogP contribution in [0.5, 0.6) is 0 Å². The molecular weight excluding hydrogens is 446 g/mol. The summed E-state index contributed by atoms with van der Waals surface area (Å²) >= 11 is 7.65. The standard InChI is InChI=1S/C23H22ClN5O2S/c1-14-22-21(15(2)29(27-22)18-8-6-17(24)7-9-18)23(31)28(26-14)13-20(30)25-12-16-4-10-19(32-3)11-5-16/h4-11H,12-13H2,1-3H3,(H,25,30). The Bertz CT molecular complexity index is 1340. The lowest BCUT2D eigenvalue weighted by Crippen LogP contribution is -2.33. The van der Waals surface area contributed by atoms with E-state index >= 15 is 0 Å². The number of aromatic nitrogens is 4. The normalized spacial score (nSPS) is 11.1. The first-order valence-corrected chi connectivity index (χ1v) is 11.6. The van der Waals surface area contributed by atoms with Gasteiger partial charge in [-0.3, -0.25) is 9.59 Å². The number of nitrogens with zero attached hydrogens (tertiary/aromatic N) is 4. The zero-order valence-electron chi connectivity index (χ0n) is 17.9. The maximum atomic E-state index is 13.1. The smallest absolute Gasteiger partial charge is 0.278 e. The Morgan fingerprint density at radius 2 is 1.75 bits per heavy atom. The van der Waals surface area contributed by atoms with Gasteiger partial charge in [-0.1, -0.05) is 23.7 Å². The van der Waals surface area contributed by atoms with Crippen LogP contribution in [0.25, 0.3) is 16.6 Å². The first-order valence-electron chi connectivity index (χ1n) is 10.00. The Balaban J connectivity index is 1.58. The molecule has 7 nitrogen and oxygen atoms in total. The lowest BCUT2D eigenvalue weighted by Gasteiger charge is -2.08. The molecule has 0 spiro atoms. The first kappa shape index (κ1) is 22.1. The summed E-state index contributed by atoms with van der Waals surface area (Å²) in [5.74, 6) is -0.282. The predicted octanol–water partition coefficient (Wildman–Crippen LogP) is 3.89. The molecular formula is C23H22ClN5O2S. The Labute approximate surface area is 194 Å². The van der Waals surface area contributed by atoms with Crippen molar-refractivity contribution in [1.29, 1.82) is 0 Å². The van der Waals surface area contributed by atoms with Gasteiger partial charge in [0.1, 0.15) is 12.1 Å². The number of fused-ring (bicyclic) bond motifs is 1. The van der Waals surface area contributed by atoms with Gasteiger partial charge in [0.05, 0.1) is 22.5 Å².